The van der Waals surface area contributed by atoms with Crippen molar-refractivity contribution >= 4 is 34.4 Å². The number of nitrogens with one attached hydrogen (secondary N) is 3. The number of rotatable bonds is 4. The number of anilines is 4. The third-order valence-corrected chi connectivity index (χ3v) is 3.75. The Bertz CT molecular complexity index is 1080. The first-order valence-electron chi connectivity index (χ1n) is 7.75. The van der Waals surface area contributed by atoms with E-state index in [4.69, 9.17) is 9.47 Å². The number of ether oxygens (including phenoxy) is 2. The van der Waals surface area contributed by atoms with Gasteiger partial charge >= 0.3 is 0 Å². The molecule has 1 aliphatic heterocycles. The Balaban J connectivity index is 1.46. The first kappa shape index (κ1) is 14.4. The summed E-state index contributed by atoms with van der Waals surface area (Å²) in [5.41, 5.74) is 2.01. The van der Waals surface area contributed by atoms with Crippen LogP contribution in [0.5, 0.6) is 11.5 Å². The normalized spacial score (nSPS) is 12.3. The van der Waals surface area contributed by atoms with Crippen molar-refractivity contribution in [3.8, 4) is 11.5 Å². The molecule has 0 spiro atoms. The average Bonchev–Trinajstić information content (AvgIpc) is 3.29. The van der Waals surface area contributed by atoms with Gasteiger partial charge in [-0.25, -0.2) is 19.9 Å². The molecule has 128 valence electrons. The molecule has 4 aromatic rings. The van der Waals surface area contributed by atoms with E-state index in [9.17, 15) is 0 Å². The summed E-state index contributed by atoms with van der Waals surface area (Å²) in [6.45, 7) is 0.231. The molecular formula is C16H12N8O2. The first-order chi connectivity index (χ1) is 12.8. The molecule has 0 radical (unpaired) electrons. The molecule has 26 heavy (non-hydrogen) atoms. The van der Waals surface area contributed by atoms with Gasteiger partial charge in [-0.05, 0) is 18.2 Å². The standard InChI is InChI=1S/C16H12N8O2/c1-2-10-11(26-8-25-10)5-9(1)21-14-13-15(20-7-19-14)24-16(23-13)22-12-3-4-17-6-18-12/h1-7H,8H2,(H3,17,18,19,20,21,22,23,24). The molecule has 0 saturated carbocycles. The minimum absolute atomic E-state index is 0.231. The molecule has 10 nitrogen and oxygen atoms in total. The number of aromatic nitrogens is 6. The fourth-order valence-corrected chi connectivity index (χ4v) is 2.58. The third kappa shape index (κ3) is 2.59. The van der Waals surface area contributed by atoms with E-state index < -0.39 is 0 Å². The second-order valence-corrected chi connectivity index (χ2v) is 5.42. The molecule has 0 saturated heterocycles. The van der Waals surface area contributed by atoms with Crippen molar-refractivity contribution in [3.05, 3.63) is 43.1 Å². The molecule has 0 amide bonds. The van der Waals surface area contributed by atoms with Crippen LogP contribution in [0.15, 0.2) is 43.1 Å². The molecule has 0 fully saturated rings. The van der Waals surface area contributed by atoms with E-state index >= 15 is 0 Å². The number of hydrogen-bond donors (Lipinski definition) is 3. The highest BCUT2D eigenvalue weighted by Gasteiger charge is 2.15. The van der Waals surface area contributed by atoms with E-state index in [1.54, 1.807) is 12.3 Å². The summed E-state index contributed by atoms with van der Waals surface area (Å²) in [4.78, 5) is 24.0. The van der Waals surface area contributed by atoms with Crippen molar-refractivity contribution in [2.24, 2.45) is 0 Å². The van der Waals surface area contributed by atoms with Gasteiger partial charge in [0.05, 0.1) is 0 Å². The summed E-state index contributed by atoms with van der Waals surface area (Å²) < 4.78 is 10.7. The van der Waals surface area contributed by atoms with Crippen molar-refractivity contribution in [2.45, 2.75) is 0 Å². The quantitative estimate of drug-likeness (QED) is 0.510. The Kier molecular flexibility index (Phi) is 3.24. The number of aromatic amines is 1. The lowest BCUT2D eigenvalue weighted by Crippen LogP contribution is -1.96. The molecule has 10 heteroatoms. The van der Waals surface area contributed by atoms with Crippen molar-refractivity contribution in [1.82, 2.24) is 29.9 Å². The maximum atomic E-state index is 5.40. The van der Waals surface area contributed by atoms with Crippen LogP contribution in [0.3, 0.4) is 0 Å². The molecule has 5 rings (SSSR count). The number of hydrogen-bond acceptors (Lipinski definition) is 9. The molecule has 3 N–H and O–H groups in total. The lowest BCUT2D eigenvalue weighted by Gasteiger charge is -2.06. The minimum atomic E-state index is 0.231. The predicted molar refractivity (Wildman–Crippen MR) is 92.8 cm³/mol. The van der Waals surface area contributed by atoms with E-state index in [1.807, 2.05) is 18.2 Å². The van der Waals surface area contributed by atoms with E-state index in [1.165, 1.54) is 12.7 Å². The van der Waals surface area contributed by atoms with E-state index in [-0.39, 0.29) is 6.79 Å². The number of nitrogens with zero attached hydrogens (tertiary/aromatic N) is 5. The van der Waals surface area contributed by atoms with Gasteiger partial charge in [-0.15, -0.1) is 0 Å². The third-order valence-electron chi connectivity index (χ3n) is 3.75. The number of H-pyrrole nitrogens is 1. The Morgan fingerprint density at radius 3 is 2.85 bits per heavy atom. The maximum absolute atomic E-state index is 5.40. The van der Waals surface area contributed by atoms with Crippen LogP contribution in [0.1, 0.15) is 0 Å². The summed E-state index contributed by atoms with van der Waals surface area (Å²) in [7, 11) is 0. The lowest BCUT2D eigenvalue weighted by molar-refractivity contribution is 0.174. The van der Waals surface area contributed by atoms with Crippen molar-refractivity contribution in [3.63, 3.8) is 0 Å². The monoisotopic (exact) mass is 348 g/mol. The summed E-state index contributed by atoms with van der Waals surface area (Å²) in [6, 6.07) is 7.33. The summed E-state index contributed by atoms with van der Waals surface area (Å²) in [5, 5.41) is 6.31. The molecule has 0 bridgehead atoms. The second-order valence-electron chi connectivity index (χ2n) is 5.42. The molecule has 1 aliphatic rings. The van der Waals surface area contributed by atoms with Crippen LogP contribution in [-0.2, 0) is 0 Å². The van der Waals surface area contributed by atoms with Crippen LogP contribution in [0.2, 0.25) is 0 Å². The van der Waals surface area contributed by atoms with Crippen LogP contribution >= 0.6 is 0 Å². The summed E-state index contributed by atoms with van der Waals surface area (Å²) >= 11 is 0. The van der Waals surface area contributed by atoms with Crippen LogP contribution < -0.4 is 20.1 Å². The first-order valence-corrected chi connectivity index (χ1v) is 7.75. The topological polar surface area (TPSA) is 123 Å². The van der Waals surface area contributed by atoms with Crippen LogP contribution in [-0.4, -0.2) is 36.7 Å². The Morgan fingerprint density at radius 1 is 0.962 bits per heavy atom. The zero-order chi connectivity index (χ0) is 17.3. The van der Waals surface area contributed by atoms with Gasteiger partial charge in [0.25, 0.3) is 0 Å². The molecule has 4 heterocycles. The van der Waals surface area contributed by atoms with Gasteiger partial charge in [0, 0.05) is 18.0 Å². The van der Waals surface area contributed by atoms with Gasteiger partial charge in [0.2, 0.25) is 12.7 Å². The van der Waals surface area contributed by atoms with Gasteiger partial charge in [-0.3, -0.25) is 0 Å². The van der Waals surface area contributed by atoms with Crippen molar-refractivity contribution in [2.75, 3.05) is 17.4 Å². The van der Waals surface area contributed by atoms with E-state index in [2.05, 4.69) is 40.5 Å². The van der Waals surface area contributed by atoms with Crippen molar-refractivity contribution < 1.29 is 9.47 Å². The van der Waals surface area contributed by atoms with Gasteiger partial charge in [0.15, 0.2) is 23.0 Å². The molecule has 3 aromatic heterocycles. The SMILES string of the molecule is c1cc(Nc2nc3ncnc(Nc4ccc5c(c4)OCO5)c3[nH]2)ncn1. The van der Waals surface area contributed by atoms with Gasteiger partial charge in [-0.1, -0.05) is 0 Å². The Hall–Kier alpha value is -3.95. The molecule has 0 unspecified atom stereocenters. The number of benzene rings is 1. The lowest BCUT2D eigenvalue weighted by atomic mass is 10.2. The average molecular weight is 348 g/mol. The summed E-state index contributed by atoms with van der Waals surface area (Å²) in [6.07, 6.45) is 4.55. The summed E-state index contributed by atoms with van der Waals surface area (Å²) in [5.74, 6) is 3.14. The van der Waals surface area contributed by atoms with Gasteiger partial charge in [0.1, 0.15) is 24.0 Å². The van der Waals surface area contributed by atoms with E-state index in [0.717, 1.165) is 11.4 Å². The molecule has 1 aromatic carbocycles. The largest absolute Gasteiger partial charge is 0.454 e. The Labute approximate surface area is 146 Å². The highest BCUT2D eigenvalue weighted by Crippen LogP contribution is 2.35. The maximum Gasteiger partial charge on any atom is 0.231 e. The molecule has 0 aliphatic carbocycles. The van der Waals surface area contributed by atoms with Crippen LogP contribution in [0, 0.1) is 0 Å². The zero-order valence-electron chi connectivity index (χ0n) is 13.3. The second kappa shape index (κ2) is 5.84. The fourth-order valence-electron chi connectivity index (χ4n) is 2.58. The van der Waals surface area contributed by atoms with Crippen LogP contribution in [0.4, 0.5) is 23.3 Å². The van der Waals surface area contributed by atoms with Crippen LogP contribution in [0.25, 0.3) is 11.2 Å². The smallest absolute Gasteiger partial charge is 0.231 e. The number of imidazole rings is 1. The van der Waals surface area contributed by atoms with Gasteiger partial charge in [-0.2, -0.15) is 4.98 Å². The zero-order valence-corrected chi connectivity index (χ0v) is 13.3. The minimum Gasteiger partial charge on any atom is -0.454 e. The molecule has 0 atom stereocenters. The highest BCUT2D eigenvalue weighted by atomic mass is 16.7. The van der Waals surface area contributed by atoms with Crippen molar-refractivity contribution in [1.29, 1.82) is 0 Å². The molecular weight excluding hydrogens is 336 g/mol. The number of fused-ring (bicyclic) bond motifs is 2. The Morgan fingerprint density at radius 2 is 1.92 bits per heavy atom. The van der Waals surface area contributed by atoms with Gasteiger partial charge < -0.3 is 25.1 Å². The fraction of sp³-hybridized carbons (Fsp3) is 0.0625. The van der Waals surface area contributed by atoms with E-state index in [0.29, 0.717) is 34.5 Å². The predicted octanol–water partition coefficient (Wildman–Crippen LogP) is 2.36. The highest BCUT2D eigenvalue weighted by molar-refractivity contribution is 5.87.